The van der Waals surface area contributed by atoms with E-state index >= 15 is 0 Å². The zero-order valence-electron chi connectivity index (χ0n) is 27.7. The van der Waals surface area contributed by atoms with Gasteiger partial charge in [-0.05, 0) is 81.9 Å². The van der Waals surface area contributed by atoms with Gasteiger partial charge in [0.25, 0.3) is 0 Å². The molecule has 0 aliphatic rings. The van der Waals surface area contributed by atoms with Crippen LogP contribution in [0.1, 0.15) is 0 Å². The number of rotatable bonds is 6. The molecule has 10 aromatic rings. The zero-order valence-corrected chi connectivity index (χ0v) is 29.3. The Bertz CT molecular complexity index is 2750. The van der Waals surface area contributed by atoms with Gasteiger partial charge in [-0.3, -0.25) is 0 Å². The van der Waals surface area contributed by atoms with E-state index in [-0.39, 0.29) is 0 Å². The number of hydrogen-bond donors (Lipinski definition) is 0. The summed E-state index contributed by atoms with van der Waals surface area (Å²) in [6, 6.07) is 68.3. The molecule has 240 valence electrons. The van der Waals surface area contributed by atoms with E-state index in [9.17, 15) is 0 Å². The minimum atomic E-state index is 1.12. The van der Waals surface area contributed by atoms with Crippen molar-refractivity contribution in [1.29, 1.82) is 0 Å². The van der Waals surface area contributed by atoms with Crippen molar-refractivity contribution >= 4 is 80.1 Å². The van der Waals surface area contributed by atoms with Crippen LogP contribution in [-0.2, 0) is 0 Å². The lowest BCUT2D eigenvalue weighted by atomic mass is 10.0. The third-order valence-corrected chi connectivity index (χ3v) is 12.3. The fraction of sp³-hybridized carbons (Fsp3) is 0. The average Bonchev–Trinajstić information content (AvgIpc) is 3.78. The maximum absolute atomic E-state index is 2.37. The maximum Gasteiger partial charge on any atom is 0.0467 e. The second-order valence-corrected chi connectivity index (χ2v) is 15.0. The number of thiophene rings is 2. The third-order valence-electron chi connectivity index (χ3n) is 9.89. The van der Waals surface area contributed by atoms with Crippen molar-refractivity contribution in [1.82, 2.24) is 0 Å². The first-order valence-electron chi connectivity index (χ1n) is 17.3. The van der Waals surface area contributed by atoms with Crippen LogP contribution in [0.2, 0.25) is 0 Å². The lowest BCUT2D eigenvalue weighted by Gasteiger charge is -2.26. The van der Waals surface area contributed by atoms with Crippen molar-refractivity contribution in [2.75, 3.05) is 4.90 Å². The molecule has 0 N–H and O–H groups in total. The molecule has 0 spiro atoms. The molecule has 8 aromatic carbocycles. The van der Waals surface area contributed by atoms with Gasteiger partial charge in [0, 0.05) is 57.4 Å². The van der Waals surface area contributed by atoms with Gasteiger partial charge in [-0.1, -0.05) is 140 Å². The first-order valence-corrected chi connectivity index (χ1v) is 18.9. The standard InChI is InChI=1S/C48H31NS2/c1-3-11-32(12-4-1)34-21-25-37(26-22-34)49(38-27-23-35(24-28-38)33-13-5-2-6-14-33)39-16-9-15-36(31-39)40-18-10-19-41-42-29-30-45-46(48(42)51-47(40)41)43-17-7-8-20-44(43)50-45/h1-31H. The van der Waals surface area contributed by atoms with Crippen molar-refractivity contribution in [3.05, 3.63) is 188 Å². The second kappa shape index (κ2) is 12.4. The molecule has 0 aliphatic heterocycles. The molecule has 0 aliphatic carbocycles. The highest BCUT2D eigenvalue weighted by molar-refractivity contribution is 7.30. The molecule has 2 heterocycles. The largest absolute Gasteiger partial charge is 0.310 e. The summed E-state index contributed by atoms with van der Waals surface area (Å²) in [6.07, 6.45) is 0. The van der Waals surface area contributed by atoms with Gasteiger partial charge in [-0.25, -0.2) is 0 Å². The molecule has 0 saturated heterocycles. The smallest absolute Gasteiger partial charge is 0.0467 e. The Hall–Kier alpha value is -6.00. The van der Waals surface area contributed by atoms with Crippen LogP contribution < -0.4 is 4.90 Å². The van der Waals surface area contributed by atoms with Gasteiger partial charge in [0.2, 0.25) is 0 Å². The van der Waals surface area contributed by atoms with Gasteiger partial charge in [-0.15, -0.1) is 22.7 Å². The Morgan fingerprint density at radius 2 is 0.863 bits per heavy atom. The number of hydrogen-bond acceptors (Lipinski definition) is 3. The summed E-state index contributed by atoms with van der Waals surface area (Å²) < 4.78 is 5.41. The lowest BCUT2D eigenvalue weighted by molar-refractivity contribution is 1.28. The molecule has 0 fully saturated rings. The summed E-state index contributed by atoms with van der Waals surface area (Å²) in [6.45, 7) is 0. The molecule has 0 amide bonds. The molecule has 0 bridgehead atoms. The Labute approximate surface area is 304 Å². The molecular weight excluding hydrogens is 655 g/mol. The highest BCUT2D eigenvalue weighted by Crippen LogP contribution is 2.47. The van der Waals surface area contributed by atoms with Crippen LogP contribution in [-0.4, -0.2) is 0 Å². The zero-order chi connectivity index (χ0) is 33.7. The second-order valence-electron chi connectivity index (χ2n) is 12.9. The molecule has 0 atom stereocenters. The molecule has 0 unspecified atom stereocenters. The summed E-state index contributed by atoms with van der Waals surface area (Å²) in [5, 5.41) is 5.39. The monoisotopic (exact) mass is 685 g/mol. The van der Waals surface area contributed by atoms with Crippen LogP contribution in [0.5, 0.6) is 0 Å². The molecule has 3 heteroatoms. The van der Waals surface area contributed by atoms with Crippen molar-refractivity contribution in [3.8, 4) is 33.4 Å². The fourth-order valence-electron chi connectivity index (χ4n) is 7.42. The van der Waals surface area contributed by atoms with Crippen LogP contribution >= 0.6 is 22.7 Å². The predicted octanol–water partition coefficient (Wildman–Crippen LogP) is 14.9. The van der Waals surface area contributed by atoms with Crippen LogP contribution in [0.3, 0.4) is 0 Å². The van der Waals surface area contributed by atoms with E-state index in [0.29, 0.717) is 0 Å². The summed E-state index contributed by atoms with van der Waals surface area (Å²) in [7, 11) is 0. The van der Waals surface area contributed by atoms with E-state index in [2.05, 4.69) is 193 Å². The number of nitrogens with zero attached hydrogens (tertiary/aromatic N) is 1. The summed E-state index contributed by atoms with van der Waals surface area (Å²) in [4.78, 5) is 2.37. The maximum atomic E-state index is 2.37. The van der Waals surface area contributed by atoms with Crippen molar-refractivity contribution in [2.45, 2.75) is 0 Å². The molecular formula is C48H31NS2. The Morgan fingerprint density at radius 3 is 1.55 bits per heavy atom. The molecule has 2 aromatic heterocycles. The van der Waals surface area contributed by atoms with Gasteiger partial charge >= 0.3 is 0 Å². The summed E-state index contributed by atoms with van der Waals surface area (Å²) >= 11 is 3.82. The highest BCUT2D eigenvalue weighted by Gasteiger charge is 2.18. The molecule has 51 heavy (non-hydrogen) atoms. The molecule has 0 saturated carbocycles. The minimum absolute atomic E-state index is 1.12. The van der Waals surface area contributed by atoms with Gasteiger partial charge in [0.05, 0.1) is 0 Å². The van der Waals surface area contributed by atoms with Crippen molar-refractivity contribution in [3.63, 3.8) is 0 Å². The lowest BCUT2D eigenvalue weighted by Crippen LogP contribution is -2.10. The van der Waals surface area contributed by atoms with E-state index in [4.69, 9.17) is 0 Å². The third kappa shape index (κ3) is 5.21. The molecule has 1 nitrogen and oxygen atoms in total. The SMILES string of the molecule is c1ccc(-c2ccc(N(c3ccc(-c4ccccc4)cc3)c3cccc(-c4cccc5c4sc4c5ccc5sc6ccccc6c54)c3)cc2)cc1. The van der Waals surface area contributed by atoms with Crippen LogP contribution in [0.25, 0.3) is 73.7 Å². The normalized spacial score (nSPS) is 11.5. The predicted molar refractivity (Wildman–Crippen MR) is 223 cm³/mol. The summed E-state index contributed by atoms with van der Waals surface area (Å²) in [5.41, 5.74) is 10.7. The van der Waals surface area contributed by atoms with Crippen LogP contribution in [0.4, 0.5) is 17.1 Å². The molecule has 0 radical (unpaired) electrons. The Morgan fingerprint density at radius 1 is 0.314 bits per heavy atom. The Kier molecular flexibility index (Phi) is 7.26. The van der Waals surface area contributed by atoms with E-state index in [1.807, 2.05) is 22.7 Å². The van der Waals surface area contributed by atoms with Crippen LogP contribution in [0, 0.1) is 0 Å². The first kappa shape index (κ1) is 29.9. The van der Waals surface area contributed by atoms with Crippen LogP contribution in [0.15, 0.2) is 188 Å². The topological polar surface area (TPSA) is 3.24 Å². The summed E-state index contributed by atoms with van der Waals surface area (Å²) in [5.74, 6) is 0. The fourth-order valence-corrected chi connectivity index (χ4v) is 9.99. The van der Waals surface area contributed by atoms with Gasteiger partial charge < -0.3 is 4.90 Å². The van der Waals surface area contributed by atoms with Gasteiger partial charge in [-0.2, -0.15) is 0 Å². The Balaban J connectivity index is 1.11. The number of benzene rings is 8. The van der Waals surface area contributed by atoms with E-state index in [0.717, 1.165) is 17.1 Å². The van der Waals surface area contributed by atoms with E-state index in [1.165, 1.54) is 73.7 Å². The molecule has 10 rings (SSSR count). The average molecular weight is 686 g/mol. The van der Waals surface area contributed by atoms with Gasteiger partial charge in [0.1, 0.15) is 0 Å². The first-order chi connectivity index (χ1) is 25.3. The van der Waals surface area contributed by atoms with Gasteiger partial charge in [0.15, 0.2) is 0 Å². The minimum Gasteiger partial charge on any atom is -0.310 e. The van der Waals surface area contributed by atoms with Crippen molar-refractivity contribution in [2.24, 2.45) is 0 Å². The quantitative estimate of drug-likeness (QED) is 0.168. The van der Waals surface area contributed by atoms with Crippen molar-refractivity contribution < 1.29 is 0 Å². The number of fused-ring (bicyclic) bond motifs is 7. The highest BCUT2D eigenvalue weighted by atomic mass is 32.1. The number of anilines is 3. The van der Waals surface area contributed by atoms with E-state index < -0.39 is 0 Å². The van der Waals surface area contributed by atoms with E-state index in [1.54, 1.807) is 0 Å².